The third-order valence-corrected chi connectivity index (χ3v) is 9.63. The van der Waals surface area contributed by atoms with Gasteiger partial charge in [0.2, 0.25) is 0 Å². The number of hydrogen-bond acceptors (Lipinski definition) is 3. The van der Waals surface area contributed by atoms with Crippen LogP contribution >= 0.6 is 11.3 Å². The largest absolute Gasteiger partial charge is 0.329 e. The Hall–Kier alpha value is -4.67. The summed E-state index contributed by atoms with van der Waals surface area (Å²) in [6, 6.07) is 32.2. The first-order valence-electron chi connectivity index (χ1n) is 15.9. The van der Waals surface area contributed by atoms with Crippen LogP contribution in [0.15, 0.2) is 113 Å². The van der Waals surface area contributed by atoms with E-state index in [1.807, 2.05) is 0 Å². The number of aryl methyl sites for hydroxylation is 4. The van der Waals surface area contributed by atoms with Crippen LogP contribution in [0, 0.1) is 20.8 Å². The van der Waals surface area contributed by atoms with Crippen molar-refractivity contribution >= 4 is 28.8 Å². The van der Waals surface area contributed by atoms with Crippen LogP contribution in [-0.2, 0) is 6.42 Å². The molecule has 224 valence electrons. The summed E-state index contributed by atoms with van der Waals surface area (Å²) in [5.41, 5.74) is 14.2. The fourth-order valence-electron chi connectivity index (χ4n) is 6.77. The average Bonchev–Trinajstić information content (AvgIpc) is 3.58. The first kappa shape index (κ1) is 29.1. The van der Waals surface area contributed by atoms with Crippen LogP contribution in [0.5, 0.6) is 0 Å². The Morgan fingerprint density at radius 2 is 1.53 bits per heavy atom. The van der Waals surface area contributed by atoms with Gasteiger partial charge in [0.05, 0.1) is 11.7 Å². The summed E-state index contributed by atoms with van der Waals surface area (Å²) in [7, 11) is 0. The van der Waals surface area contributed by atoms with Gasteiger partial charge < -0.3 is 9.47 Å². The molecule has 0 bridgehead atoms. The summed E-state index contributed by atoms with van der Waals surface area (Å²) >= 11 is 1.70. The zero-order valence-electron chi connectivity index (χ0n) is 26.4. The van der Waals surface area contributed by atoms with Gasteiger partial charge in [0, 0.05) is 45.3 Å². The normalized spacial score (nSPS) is 14.4. The van der Waals surface area contributed by atoms with Gasteiger partial charge >= 0.3 is 0 Å². The maximum Gasteiger partial charge on any atom is 0.193 e. The first-order chi connectivity index (χ1) is 21.9. The third kappa shape index (κ3) is 5.44. The highest BCUT2D eigenvalue weighted by Gasteiger charge is 2.34. The van der Waals surface area contributed by atoms with Crippen molar-refractivity contribution in [2.75, 3.05) is 4.90 Å². The second-order valence-electron chi connectivity index (χ2n) is 12.3. The molecule has 0 N–H and O–H groups in total. The van der Waals surface area contributed by atoms with E-state index < -0.39 is 0 Å². The molecule has 3 aromatic carbocycles. The van der Waals surface area contributed by atoms with E-state index in [9.17, 15) is 4.79 Å². The number of thiophene rings is 1. The number of benzene rings is 4. The predicted molar refractivity (Wildman–Crippen MR) is 191 cm³/mol. The van der Waals surface area contributed by atoms with E-state index in [-0.39, 0.29) is 11.5 Å². The molecule has 0 fully saturated rings. The Morgan fingerprint density at radius 1 is 0.756 bits per heavy atom. The summed E-state index contributed by atoms with van der Waals surface area (Å²) in [6.07, 6.45) is 7.54. The number of nitrogens with zero attached hydrogens (tertiary/aromatic N) is 2. The minimum absolute atomic E-state index is 0.0798. The van der Waals surface area contributed by atoms with Crippen LogP contribution in [-0.4, -0.2) is 4.57 Å². The van der Waals surface area contributed by atoms with Crippen LogP contribution in [0.4, 0.5) is 5.69 Å². The molecule has 0 radical (unpaired) electrons. The number of pyridine rings is 1. The minimum Gasteiger partial charge on any atom is -0.329 e. The molecule has 2 aliphatic heterocycles. The zero-order chi connectivity index (χ0) is 31.1. The predicted octanol–water partition coefficient (Wildman–Crippen LogP) is 10.4. The van der Waals surface area contributed by atoms with Crippen LogP contribution in [0.25, 0.3) is 28.6 Å². The highest BCUT2D eigenvalue weighted by Crippen LogP contribution is 2.45. The lowest BCUT2D eigenvalue weighted by atomic mass is 9.85. The van der Waals surface area contributed by atoms with Crippen LogP contribution in [0.3, 0.4) is 0 Å². The summed E-state index contributed by atoms with van der Waals surface area (Å²) in [5.74, 6) is 0. The van der Waals surface area contributed by atoms with E-state index in [0.29, 0.717) is 0 Å². The fraction of sp³-hybridized carbons (Fsp3) is 0.195. The quantitative estimate of drug-likeness (QED) is 0.181. The van der Waals surface area contributed by atoms with Crippen molar-refractivity contribution in [2.45, 2.75) is 53.0 Å². The van der Waals surface area contributed by atoms with Crippen molar-refractivity contribution in [3.8, 4) is 16.8 Å². The maximum absolute atomic E-state index is 14.8. The van der Waals surface area contributed by atoms with Gasteiger partial charge in [0.25, 0.3) is 0 Å². The van der Waals surface area contributed by atoms with Gasteiger partial charge in [-0.25, -0.2) is 0 Å². The number of aromatic nitrogens is 1. The van der Waals surface area contributed by atoms with Crippen molar-refractivity contribution < 1.29 is 0 Å². The van der Waals surface area contributed by atoms with E-state index in [4.69, 9.17) is 0 Å². The van der Waals surface area contributed by atoms with Crippen molar-refractivity contribution in [2.24, 2.45) is 0 Å². The topological polar surface area (TPSA) is 25.2 Å². The van der Waals surface area contributed by atoms with Crippen molar-refractivity contribution in [3.05, 3.63) is 163 Å². The Kier molecular flexibility index (Phi) is 7.76. The molecule has 0 amide bonds. The fourth-order valence-corrected chi connectivity index (χ4v) is 7.42. The van der Waals surface area contributed by atoms with Gasteiger partial charge in [-0.3, -0.25) is 4.79 Å². The SMILES string of the molecule is CCCCc1cc2ccc(C3c4ccccc4C=C(c4ccsc4)N3c3cc(C)cc(C)c3)c(=O)c-2cn1-c1ccc(C)cc1. The number of unbranched alkanes of at least 4 members (excludes halogenated alkanes) is 1. The van der Waals surface area contributed by atoms with Crippen molar-refractivity contribution in [3.63, 3.8) is 0 Å². The second-order valence-corrected chi connectivity index (χ2v) is 13.1. The molecule has 3 nitrogen and oxygen atoms in total. The first-order valence-corrected chi connectivity index (χ1v) is 16.8. The third-order valence-electron chi connectivity index (χ3n) is 8.95. The van der Waals surface area contributed by atoms with E-state index >= 15 is 0 Å². The molecule has 0 saturated heterocycles. The molecule has 3 heterocycles. The highest BCUT2D eigenvalue weighted by atomic mass is 32.1. The van der Waals surface area contributed by atoms with Gasteiger partial charge in [-0.05, 0) is 109 Å². The standard InChI is InChI=1S/C41H38N2OS/c1-5-6-10-34-23-31-14-17-37(41(44)38(31)25-42(34)33-15-12-27(2)13-16-33)40-36-11-8-7-9-30(36)24-39(32-18-19-45-26-32)43(40)35-21-28(3)20-29(4)22-35/h7-9,11-26,40H,5-6,10H2,1-4H3. The Morgan fingerprint density at radius 3 is 2.27 bits per heavy atom. The van der Waals surface area contributed by atoms with Crippen LogP contribution < -0.4 is 10.3 Å². The average molecular weight is 607 g/mol. The zero-order valence-corrected chi connectivity index (χ0v) is 27.2. The summed E-state index contributed by atoms with van der Waals surface area (Å²) < 4.78 is 2.23. The molecule has 1 aliphatic carbocycles. The minimum atomic E-state index is -0.285. The molecule has 45 heavy (non-hydrogen) atoms. The lowest BCUT2D eigenvalue weighted by Crippen LogP contribution is -2.34. The Bertz CT molecular complexity index is 2030. The van der Waals surface area contributed by atoms with E-state index in [1.54, 1.807) is 11.3 Å². The monoisotopic (exact) mass is 606 g/mol. The maximum atomic E-state index is 14.8. The summed E-state index contributed by atoms with van der Waals surface area (Å²) in [5, 5.41) is 4.33. The van der Waals surface area contributed by atoms with Crippen LogP contribution in [0.1, 0.15) is 70.4 Å². The van der Waals surface area contributed by atoms with Gasteiger partial charge in [-0.1, -0.05) is 73.5 Å². The summed E-state index contributed by atoms with van der Waals surface area (Å²) in [6.45, 7) is 8.62. The number of fused-ring (bicyclic) bond motifs is 2. The molecule has 1 unspecified atom stereocenters. The number of hydrogen-bond donors (Lipinski definition) is 0. The van der Waals surface area contributed by atoms with E-state index in [2.05, 4.69) is 151 Å². The molecule has 0 spiro atoms. The van der Waals surface area contributed by atoms with Crippen molar-refractivity contribution in [1.29, 1.82) is 0 Å². The Labute approximate surface area is 270 Å². The van der Waals surface area contributed by atoms with E-state index in [1.165, 1.54) is 22.4 Å². The molecule has 0 saturated carbocycles. The molecule has 1 atom stereocenters. The molecule has 4 heteroatoms. The molecule has 4 aromatic rings. The van der Waals surface area contributed by atoms with Gasteiger partial charge in [0.15, 0.2) is 5.43 Å². The highest BCUT2D eigenvalue weighted by molar-refractivity contribution is 7.08. The smallest absolute Gasteiger partial charge is 0.193 e. The lowest BCUT2D eigenvalue weighted by Gasteiger charge is -2.40. The lowest BCUT2D eigenvalue weighted by molar-refractivity contribution is 0.752. The molecular weight excluding hydrogens is 569 g/mol. The van der Waals surface area contributed by atoms with E-state index in [0.717, 1.165) is 69.7 Å². The van der Waals surface area contributed by atoms with Gasteiger partial charge in [-0.15, -0.1) is 0 Å². The molecule has 3 aliphatic rings. The van der Waals surface area contributed by atoms with Gasteiger partial charge in [-0.2, -0.15) is 11.3 Å². The molecule has 7 rings (SSSR count). The molecule has 1 aromatic heterocycles. The summed E-state index contributed by atoms with van der Waals surface area (Å²) in [4.78, 5) is 17.2. The molecular formula is C41H38N2OS. The van der Waals surface area contributed by atoms with Crippen LogP contribution in [0.2, 0.25) is 0 Å². The van der Waals surface area contributed by atoms with Gasteiger partial charge in [0.1, 0.15) is 0 Å². The van der Waals surface area contributed by atoms with Crippen molar-refractivity contribution in [1.82, 2.24) is 4.57 Å². The second kappa shape index (κ2) is 12.0. The number of rotatable bonds is 7. The number of anilines is 1. The Balaban J connectivity index is 1.48.